The van der Waals surface area contributed by atoms with Crippen molar-refractivity contribution >= 4 is 10.0 Å². The first-order chi connectivity index (χ1) is 6.36. The molecule has 1 aromatic carbocycles. The van der Waals surface area contributed by atoms with Gasteiger partial charge in [0.15, 0.2) is 0 Å². The molecule has 0 aliphatic heterocycles. The highest BCUT2D eigenvalue weighted by molar-refractivity contribution is 7.89. The maximum atomic E-state index is 11.1. The van der Waals surface area contributed by atoms with Crippen LogP contribution in [0, 0.1) is 13.8 Å². The average molecular weight is 215 g/mol. The highest BCUT2D eigenvalue weighted by Gasteiger charge is 2.12. The van der Waals surface area contributed by atoms with Crippen molar-refractivity contribution < 1.29 is 13.2 Å². The minimum Gasteiger partial charge on any atom is -0.496 e. The van der Waals surface area contributed by atoms with Gasteiger partial charge in [-0.05, 0) is 37.1 Å². The number of primary sulfonamides is 1. The van der Waals surface area contributed by atoms with Crippen LogP contribution >= 0.6 is 0 Å². The zero-order valence-electron chi connectivity index (χ0n) is 8.37. The van der Waals surface area contributed by atoms with E-state index < -0.39 is 10.0 Å². The molecule has 0 saturated heterocycles. The van der Waals surface area contributed by atoms with Gasteiger partial charge < -0.3 is 4.74 Å². The van der Waals surface area contributed by atoms with Crippen molar-refractivity contribution in [1.29, 1.82) is 0 Å². The van der Waals surface area contributed by atoms with Crippen LogP contribution in [0.25, 0.3) is 0 Å². The SMILES string of the molecule is COc1c(C)cc(S(N)(=O)=O)cc1C. The van der Waals surface area contributed by atoms with Gasteiger partial charge in [-0.25, -0.2) is 13.6 Å². The second kappa shape index (κ2) is 3.59. The molecule has 2 N–H and O–H groups in total. The number of benzene rings is 1. The Hall–Kier alpha value is -1.07. The number of nitrogens with two attached hydrogens (primary N) is 1. The van der Waals surface area contributed by atoms with Gasteiger partial charge in [0, 0.05) is 0 Å². The van der Waals surface area contributed by atoms with Crippen LogP contribution in [0.2, 0.25) is 0 Å². The van der Waals surface area contributed by atoms with E-state index in [1.165, 1.54) is 12.1 Å². The van der Waals surface area contributed by atoms with Crippen LogP contribution in [0.5, 0.6) is 5.75 Å². The van der Waals surface area contributed by atoms with Crippen LogP contribution in [0.1, 0.15) is 11.1 Å². The van der Waals surface area contributed by atoms with Gasteiger partial charge in [-0.1, -0.05) is 0 Å². The van der Waals surface area contributed by atoms with Crippen LogP contribution in [0.4, 0.5) is 0 Å². The van der Waals surface area contributed by atoms with Gasteiger partial charge in [0.05, 0.1) is 12.0 Å². The van der Waals surface area contributed by atoms with Crippen molar-refractivity contribution in [3.63, 3.8) is 0 Å². The summed E-state index contributed by atoms with van der Waals surface area (Å²) >= 11 is 0. The maximum Gasteiger partial charge on any atom is 0.238 e. The molecular formula is C9H13NO3S. The number of rotatable bonds is 2. The largest absolute Gasteiger partial charge is 0.496 e. The molecule has 0 unspecified atom stereocenters. The first-order valence-corrected chi connectivity index (χ1v) is 5.59. The lowest BCUT2D eigenvalue weighted by Gasteiger charge is -2.09. The predicted molar refractivity (Wildman–Crippen MR) is 53.8 cm³/mol. The van der Waals surface area contributed by atoms with E-state index in [0.717, 1.165) is 11.1 Å². The molecule has 0 aromatic heterocycles. The topological polar surface area (TPSA) is 69.4 Å². The molecule has 0 amide bonds. The van der Waals surface area contributed by atoms with Gasteiger partial charge in [0.2, 0.25) is 10.0 Å². The van der Waals surface area contributed by atoms with Gasteiger partial charge in [-0.15, -0.1) is 0 Å². The average Bonchev–Trinajstić information content (AvgIpc) is 2.01. The lowest BCUT2D eigenvalue weighted by Crippen LogP contribution is -2.12. The molecule has 0 fully saturated rings. The molecule has 14 heavy (non-hydrogen) atoms. The van der Waals surface area contributed by atoms with E-state index in [1.807, 2.05) is 0 Å². The highest BCUT2D eigenvalue weighted by atomic mass is 32.2. The summed E-state index contributed by atoms with van der Waals surface area (Å²) in [6.07, 6.45) is 0. The van der Waals surface area contributed by atoms with E-state index in [4.69, 9.17) is 9.88 Å². The summed E-state index contributed by atoms with van der Waals surface area (Å²) < 4.78 is 27.3. The van der Waals surface area contributed by atoms with Crippen molar-refractivity contribution in [1.82, 2.24) is 0 Å². The summed E-state index contributed by atoms with van der Waals surface area (Å²) in [6.45, 7) is 3.56. The van der Waals surface area contributed by atoms with E-state index in [1.54, 1.807) is 21.0 Å². The Kier molecular flexibility index (Phi) is 2.82. The van der Waals surface area contributed by atoms with Crippen LogP contribution < -0.4 is 9.88 Å². The minimum absolute atomic E-state index is 0.119. The first-order valence-electron chi connectivity index (χ1n) is 4.04. The second-order valence-electron chi connectivity index (χ2n) is 3.14. The molecular weight excluding hydrogens is 202 g/mol. The van der Waals surface area contributed by atoms with Gasteiger partial charge in [-0.2, -0.15) is 0 Å². The van der Waals surface area contributed by atoms with Gasteiger partial charge in [0.25, 0.3) is 0 Å². The molecule has 5 heteroatoms. The summed E-state index contributed by atoms with van der Waals surface area (Å²) in [5.41, 5.74) is 1.52. The van der Waals surface area contributed by atoms with E-state index in [9.17, 15) is 8.42 Å². The van der Waals surface area contributed by atoms with Crippen molar-refractivity contribution in [3.8, 4) is 5.75 Å². The predicted octanol–water partition coefficient (Wildman–Crippen LogP) is 0.959. The van der Waals surface area contributed by atoms with Crippen LogP contribution in [0.3, 0.4) is 0 Å². The molecule has 0 aliphatic carbocycles. The minimum atomic E-state index is -3.63. The zero-order valence-corrected chi connectivity index (χ0v) is 9.18. The molecule has 0 saturated carbocycles. The van der Waals surface area contributed by atoms with Crippen molar-refractivity contribution in [2.45, 2.75) is 18.7 Å². The van der Waals surface area contributed by atoms with E-state index in [-0.39, 0.29) is 4.90 Å². The lowest BCUT2D eigenvalue weighted by molar-refractivity contribution is 0.408. The third kappa shape index (κ3) is 2.05. The monoisotopic (exact) mass is 215 g/mol. The molecule has 1 aromatic rings. The molecule has 1 rings (SSSR count). The standard InChI is InChI=1S/C9H13NO3S/c1-6-4-8(14(10,11)12)5-7(2)9(6)13-3/h4-5H,1-3H3,(H2,10,11,12). The van der Waals surface area contributed by atoms with Crippen LogP contribution in [-0.2, 0) is 10.0 Å². The van der Waals surface area contributed by atoms with Crippen LogP contribution in [0.15, 0.2) is 17.0 Å². The molecule has 0 bridgehead atoms. The maximum absolute atomic E-state index is 11.1. The third-order valence-corrected chi connectivity index (χ3v) is 2.86. The highest BCUT2D eigenvalue weighted by Crippen LogP contribution is 2.25. The fourth-order valence-corrected chi connectivity index (χ4v) is 2.08. The number of methoxy groups -OCH3 is 1. The van der Waals surface area contributed by atoms with Crippen molar-refractivity contribution in [2.24, 2.45) is 5.14 Å². The number of ether oxygens (including phenoxy) is 1. The molecule has 4 nitrogen and oxygen atoms in total. The van der Waals surface area contributed by atoms with Crippen LogP contribution in [-0.4, -0.2) is 15.5 Å². The summed E-state index contributed by atoms with van der Waals surface area (Å²) in [4.78, 5) is 0.119. The van der Waals surface area contributed by atoms with E-state index in [2.05, 4.69) is 0 Å². The zero-order chi connectivity index (χ0) is 10.9. The lowest BCUT2D eigenvalue weighted by atomic mass is 10.1. The Morgan fingerprint density at radius 2 is 1.64 bits per heavy atom. The molecule has 0 radical (unpaired) electrons. The number of aryl methyl sites for hydroxylation is 2. The number of hydrogen-bond donors (Lipinski definition) is 1. The van der Waals surface area contributed by atoms with Crippen molar-refractivity contribution in [3.05, 3.63) is 23.3 Å². The summed E-state index contributed by atoms with van der Waals surface area (Å²) in [6, 6.07) is 3.00. The fraction of sp³-hybridized carbons (Fsp3) is 0.333. The smallest absolute Gasteiger partial charge is 0.238 e. The summed E-state index contributed by atoms with van der Waals surface area (Å²) in [5, 5.41) is 5.02. The Morgan fingerprint density at radius 1 is 1.21 bits per heavy atom. The summed E-state index contributed by atoms with van der Waals surface area (Å²) in [7, 11) is -2.08. The normalized spacial score (nSPS) is 11.4. The first kappa shape index (κ1) is 11.0. The number of hydrogen-bond acceptors (Lipinski definition) is 3. The van der Waals surface area contributed by atoms with E-state index in [0.29, 0.717) is 5.75 Å². The fourth-order valence-electron chi connectivity index (χ4n) is 1.40. The summed E-state index contributed by atoms with van der Waals surface area (Å²) in [5.74, 6) is 0.692. The molecule has 0 spiro atoms. The van der Waals surface area contributed by atoms with Gasteiger partial charge in [0.1, 0.15) is 5.75 Å². The molecule has 0 heterocycles. The molecule has 78 valence electrons. The third-order valence-electron chi connectivity index (χ3n) is 1.97. The number of sulfonamides is 1. The van der Waals surface area contributed by atoms with Crippen molar-refractivity contribution in [2.75, 3.05) is 7.11 Å². The Labute approximate surface area is 83.7 Å². The quantitative estimate of drug-likeness (QED) is 0.798. The Balaban J connectivity index is 3.43. The van der Waals surface area contributed by atoms with Gasteiger partial charge >= 0.3 is 0 Å². The van der Waals surface area contributed by atoms with E-state index >= 15 is 0 Å². The van der Waals surface area contributed by atoms with Gasteiger partial charge in [-0.3, -0.25) is 0 Å². The molecule has 0 aliphatic rings. The Morgan fingerprint density at radius 3 is 1.93 bits per heavy atom. The second-order valence-corrected chi connectivity index (χ2v) is 4.70. The Bertz CT molecular complexity index is 428. The molecule has 0 atom stereocenters.